The summed E-state index contributed by atoms with van der Waals surface area (Å²) in [6, 6.07) is 17.4. The van der Waals surface area contributed by atoms with Crippen molar-refractivity contribution in [3.8, 4) is 0 Å². The smallest absolute Gasteiger partial charge is 0.408 e. The summed E-state index contributed by atoms with van der Waals surface area (Å²) in [5.74, 6) is -0.518. The first-order chi connectivity index (χ1) is 16.0. The molecule has 3 N–H and O–H groups in total. The number of ether oxygens (including phenoxy) is 1. The first kappa shape index (κ1) is 26.9. The molecular weight excluding hydrogens is 430 g/mol. The first-order valence-electron chi connectivity index (χ1n) is 11.7. The van der Waals surface area contributed by atoms with Gasteiger partial charge in [-0.3, -0.25) is 9.59 Å². The minimum absolute atomic E-state index is 0.180. The number of amides is 3. The maximum atomic E-state index is 13.3. The van der Waals surface area contributed by atoms with Crippen LogP contribution in [-0.2, 0) is 27.3 Å². The zero-order valence-electron chi connectivity index (χ0n) is 20.8. The lowest BCUT2D eigenvalue weighted by atomic mass is 10.0. The van der Waals surface area contributed by atoms with Gasteiger partial charge in [-0.2, -0.15) is 0 Å². The summed E-state index contributed by atoms with van der Waals surface area (Å²) in [5.41, 5.74) is 1.15. The highest BCUT2D eigenvalue weighted by Gasteiger charge is 2.29. The molecule has 0 bridgehead atoms. The highest BCUT2D eigenvalue weighted by Crippen LogP contribution is 2.11. The van der Waals surface area contributed by atoms with E-state index in [0.29, 0.717) is 13.0 Å². The lowest BCUT2D eigenvalue weighted by Crippen LogP contribution is -2.55. The summed E-state index contributed by atoms with van der Waals surface area (Å²) in [6.07, 6.45) is 0.0560. The van der Waals surface area contributed by atoms with Crippen molar-refractivity contribution in [3.05, 3.63) is 71.8 Å². The van der Waals surface area contributed by atoms with Gasteiger partial charge in [0.2, 0.25) is 11.8 Å². The molecule has 0 spiro atoms. The molecule has 34 heavy (non-hydrogen) atoms. The number of rotatable bonds is 10. The van der Waals surface area contributed by atoms with E-state index >= 15 is 0 Å². The normalized spacial score (nSPS) is 13.0. The number of carbonyl (C=O) groups is 3. The van der Waals surface area contributed by atoms with Gasteiger partial charge < -0.3 is 20.7 Å². The second-order valence-electron chi connectivity index (χ2n) is 9.78. The largest absolute Gasteiger partial charge is 0.444 e. The fourth-order valence-electron chi connectivity index (χ4n) is 3.39. The third-order valence-corrected chi connectivity index (χ3v) is 4.94. The van der Waals surface area contributed by atoms with Gasteiger partial charge in [-0.25, -0.2) is 4.79 Å². The molecule has 7 nitrogen and oxygen atoms in total. The Kier molecular flexibility index (Phi) is 10.1. The van der Waals surface area contributed by atoms with Gasteiger partial charge in [0, 0.05) is 13.0 Å². The molecule has 0 fully saturated rings. The maximum Gasteiger partial charge on any atom is 0.408 e. The Labute approximate surface area is 202 Å². The van der Waals surface area contributed by atoms with E-state index in [1.165, 1.54) is 0 Å². The van der Waals surface area contributed by atoms with Crippen molar-refractivity contribution in [2.45, 2.75) is 71.7 Å². The molecule has 3 amide bonds. The van der Waals surface area contributed by atoms with Crippen LogP contribution >= 0.6 is 0 Å². The molecule has 0 aliphatic rings. The average molecular weight is 468 g/mol. The molecule has 2 atom stereocenters. The number of carbonyl (C=O) groups excluding carboxylic acids is 3. The Balaban J connectivity index is 2.12. The Bertz CT molecular complexity index is 924. The Morgan fingerprint density at radius 2 is 1.35 bits per heavy atom. The molecular formula is C27H37N3O4. The number of hydrogen-bond donors (Lipinski definition) is 3. The molecule has 0 heterocycles. The van der Waals surface area contributed by atoms with Gasteiger partial charge in [-0.15, -0.1) is 0 Å². The summed E-state index contributed by atoms with van der Waals surface area (Å²) in [7, 11) is 0. The van der Waals surface area contributed by atoms with Crippen molar-refractivity contribution in [2.24, 2.45) is 5.92 Å². The van der Waals surface area contributed by atoms with Crippen LogP contribution in [0.3, 0.4) is 0 Å². The zero-order chi connectivity index (χ0) is 25.1. The molecule has 2 aromatic rings. The molecule has 0 radical (unpaired) electrons. The van der Waals surface area contributed by atoms with E-state index in [9.17, 15) is 14.4 Å². The Hall–Kier alpha value is -3.35. The zero-order valence-corrected chi connectivity index (χ0v) is 20.8. The molecule has 0 saturated heterocycles. The Morgan fingerprint density at radius 1 is 0.794 bits per heavy atom. The molecule has 2 aromatic carbocycles. The van der Waals surface area contributed by atoms with E-state index < -0.39 is 29.7 Å². The highest BCUT2D eigenvalue weighted by molar-refractivity contribution is 5.91. The number of benzene rings is 2. The van der Waals surface area contributed by atoms with Gasteiger partial charge in [-0.1, -0.05) is 74.5 Å². The number of nitrogens with one attached hydrogen (secondary N) is 3. The lowest BCUT2D eigenvalue weighted by Gasteiger charge is -2.26. The monoisotopic (exact) mass is 467 g/mol. The van der Waals surface area contributed by atoms with Crippen LogP contribution in [-0.4, -0.2) is 35.6 Å². The molecule has 2 rings (SSSR count). The average Bonchev–Trinajstić information content (AvgIpc) is 2.76. The molecule has 0 aliphatic carbocycles. The van der Waals surface area contributed by atoms with Crippen LogP contribution in [0.1, 0.15) is 52.2 Å². The quantitative estimate of drug-likeness (QED) is 0.493. The molecule has 0 unspecified atom stereocenters. The molecule has 0 aromatic heterocycles. The highest BCUT2D eigenvalue weighted by atomic mass is 16.6. The fraction of sp³-hybridized carbons (Fsp3) is 0.444. The second-order valence-corrected chi connectivity index (χ2v) is 9.78. The van der Waals surface area contributed by atoms with E-state index in [2.05, 4.69) is 16.0 Å². The molecule has 0 aliphatic heterocycles. The maximum absolute atomic E-state index is 13.3. The van der Waals surface area contributed by atoms with Gasteiger partial charge in [0.1, 0.15) is 17.7 Å². The van der Waals surface area contributed by atoms with Crippen molar-refractivity contribution in [1.82, 2.24) is 16.0 Å². The van der Waals surface area contributed by atoms with Crippen LogP contribution in [0.2, 0.25) is 0 Å². The number of hydrogen-bond acceptors (Lipinski definition) is 4. The summed E-state index contributed by atoms with van der Waals surface area (Å²) < 4.78 is 5.35. The Morgan fingerprint density at radius 3 is 1.88 bits per heavy atom. The van der Waals surface area contributed by atoms with Gasteiger partial charge in [0.25, 0.3) is 0 Å². The van der Waals surface area contributed by atoms with Gasteiger partial charge in [0.15, 0.2) is 0 Å². The van der Waals surface area contributed by atoms with Crippen LogP contribution in [0.4, 0.5) is 4.79 Å². The SMILES string of the molecule is CC(C)C[C@H](NC(=O)[C@H](Cc1ccccc1)NC(=O)OC(C)(C)C)C(=O)NCc1ccccc1. The minimum atomic E-state index is -0.895. The van der Waals surface area contributed by atoms with Gasteiger partial charge >= 0.3 is 6.09 Å². The molecule has 7 heteroatoms. The summed E-state index contributed by atoms with van der Waals surface area (Å²) in [4.78, 5) is 38.6. The predicted molar refractivity (Wildman–Crippen MR) is 133 cm³/mol. The van der Waals surface area contributed by atoms with E-state index in [0.717, 1.165) is 11.1 Å². The van der Waals surface area contributed by atoms with E-state index in [1.807, 2.05) is 74.5 Å². The van der Waals surface area contributed by atoms with Crippen LogP contribution in [0.25, 0.3) is 0 Å². The van der Waals surface area contributed by atoms with Crippen LogP contribution in [0.15, 0.2) is 60.7 Å². The predicted octanol–water partition coefficient (Wildman–Crippen LogP) is 3.97. The summed E-state index contributed by atoms with van der Waals surface area (Å²) in [5, 5.41) is 8.43. The minimum Gasteiger partial charge on any atom is -0.444 e. The third-order valence-electron chi connectivity index (χ3n) is 4.94. The summed E-state index contributed by atoms with van der Waals surface area (Å²) >= 11 is 0. The molecule has 0 saturated carbocycles. The van der Waals surface area contributed by atoms with E-state index in [1.54, 1.807) is 20.8 Å². The summed E-state index contributed by atoms with van der Waals surface area (Å²) in [6.45, 7) is 9.62. The van der Waals surface area contributed by atoms with Gasteiger partial charge in [-0.05, 0) is 44.2 Å². The third kappa shape index (κ3) is 10.1. The van der Waals surface area contributed by atoms with Crippen molar-refractivity contribution in [2.75, 3.05) is 0 Å². The standard InChI is InChI=1S/C27H37N3O4/c1-19(2)16-22(24(31)28-18-21-14-10-7-11-15-21)29-25(32)23(17-20-12-8-6-9-13-20)30-26(33)34-27(3,4)5/h6-15,19,22-23H,16-18H2,1-5H3,(H,28,31)(H,29,32)(H,30,33)/t22-,23-/m0/s1. The van der Waals surface area contributed by atoms with Crippen molar-refractivity contribution in [1.29, 1.82) is 0 Å². The molecule has 184 valence electrons. The topological polar surface area (TPSA) is 96.5 Å². The van der Waals surface area contributed by atoms with Crippen LogP contribution in [0.5, 0.6) is 0 Å². The van der Waals surface area contributed by atoms with Crippen LogP contribution in [0, 0.1) is 5.92 Å². The fourth-order valence-corrected chi connectivity index (χ4v) is 3.39. The first-order valence-corrected chi connectivity index (χ1v) is 11.7. The van der Waals surface area contributed by atoms with Crippen molar-refractivity contribution < 1.29 is 19.1 Å². The lowest BCUT2D eigenvalue weighted by molar-refractivity contribution is -0.130. The van der Waals surface area contributed by atoms with Crippen LogP contribution < -0.4 is 16.0 Å². The van der Waals surface area contributed by atoms with Crippen molar-refractivity contribution >= 4 is 17.9 Å². The second kappa shape index (κ2) is 12.8. The van der Waals surface area contributed by atoms with Gasteiger partial charge in [0.05, 0.1) is 0 Å². The van der Waals surface area contributed by atoms with E-state index in [-0.39, 0.29) is 18.2 Å². The van der Waals surface area contributed by atoms with Crippen molar-refractivity contribution in [3.63, 3.8) is 0 Å². The number of alkyl carbamates (subject to hydrolysis) is 1. The van der Waals surface area contributed by atoms with E-state index in [4.69, 9.17) is 4.74 Å².